The van der Waals surface area contributed by atoms with Crippen molar-refractivity contribution in [3.05, 3.63) is 0 Å². The molecule has 0 fully saturated rings. The summed E-state index contributed by atoms with van der Waals surface area (Å²) in [5.74, 6) is -1.76. The van der Waals surface area contributed by atoms with E-state index in [1.165, 1.54) is 51.4 Å². The number of amides is 1. The summed E-state index contributed by atoms with van der Waals surface area (Å²) in [6.07, 6.45) is 10.3. The van der Waals surface area contributed by atoms with Crippen LogP contribution in [0, 0.1) is 0 Å². The van der Waals surface area contributed by atoms with Gasteiger partial charge in [0.25, 0.3) is 0 Å². The number of hydrogen-bond donors (Lipinski definition) is 3. The van der Waals surface area contributed by atoms with Gasteiger partial charge in [-0.25, -0.2) is 0 Å². The molecule has 0 heterocycles. The number of aliphatic carboxylic acids is 1. The van der Waals surface area contributed by atoms with Crippen LogP contribution in [-0.4, -0.2) is 34.7 Å². The summed E-state index contributed by atoms with van der Waals surface area (Å²) in [7, 11) is 0. The van der Waals surface area contributed by atoms with Crippen molar-refractivity contribution in [2.45, 2.75) is 83.7 Å². The number of carbonyl (C=O) groups excluding carboxylic acids is 1. The zero-order chi connectivity index (χ0) is 15.9. The van der Waals surface area contributed by atoms with Gasteiger partial charge in [-0.1, -0.05) is 64.7 Å². The van der Waals surface area contributed by atoms with E-state index in [0.29, 0.717) is 6.54 Å². The van der Waals surface area contributed by atoms with Crippen molar-refractivity contribution in [3.63, 3.8) is 0 Å². The van der Waals surface area contributed by atoms with Crippen molar-refractivity contribution in [2.24, 2.45) is 0 Å². The Balaban J connectivity index is 3.28. The van der Waals surface area contributed by atoms with Crippen LogP contribution in [0.1, 0.15) is 77.6 Å². The summed E-state index contributed by atoms with van der Waals surface area (Å²) in [5, 5.41) is 20.3. The fraction of sp³-hybridized carbons (Fsp3) is 0.875. The number of hydrogen-bond acceptors (Lipinski definition) is 3. The van der Waals surface area contributed by atoms with E-state index in [4.69, 9.17) is 5.11 Å². The molecule has 1 unspecified atom stereocenters. The molecule has 0 aliphatic rings. The Bertz CT molecular complexity index is 281. The highest BCUT2D eigenvalue weighted by Crippen LogP contribution is 2.10. The maximum absolute atomic E-state index is 11.3. The van der Waals surface area contributed by atoms with Crippen LogP contribution >= 0.6 is 0 Å². The minimum atomic E-state index is -1.44. The second-order valence-corrected chi connectivity index (χ2v) is 5.59. The van der Waals surface area contributed by atoms with E-state index in [9.17, 15) is 14.7 Å². The summed E-state index contributed by atoms with van der Waals surface area (Å²) in [6, 6.07) is 0. The molecule has 1 amide bonds. The van der Waals surface area contributed by atoms with Crippen molar-refractivity contribution in [1.82, 2.24) is 5.32 Å². The smallest absolute Gasteiger partial charge is 0.306 e. The lowest BCUT2D eigenvalue weighted by molar-refractivity contribution is -0.143. The topological polar surface area (TPSA) is 86.6 Å². The Morgan fingerprint density at radius 3 is 1.86 bits per heavy atom. The summed E-state index contributed by atoms with van der Waals surface area (Å²) < 4.78 is 0. The molecule has 0 aromatic carbocycles. The highest BCUT2D eigenvalue weighted by atomic mass is 16.4. The Hall–Kier alpha value is -1.10. The maximum Gasteiger partial charge on any atom is 0.306 e. The summed E-state index contributed by atoms with van der Waals surface area (Å²) >= 11 is 0. The molecule has 0 aliphatic heterocycles. The zero-order valence-corrected chi connectivity index (χ0v) is 13.3. The molecule has 0 aliphatic carbocycles. The largest absolute Gasteiger partial charge is 0.481 e. The van der Waals surface area contributed by atoms with E-state index in [-0.39, 0.29) is 0 Å². The first-order valence-corrected chi connectivity index (χ1v) is 8.25. The van der Waals surface area contributed by atoms with E-state index in [2.05, 4.69) is 12.2 Å². The minimum Gasteiger partial charge on any atom is -0.481 e. The van der Waals surface area contributed by atoms with Crippen LogP contribution in [0.5, 0.6) is 0 Å². The van der Waals surface area contributed by atoms with Crippen LogP contribution in [0.25, 0.3) is 0 Å². The quantitative estimate of drug-likeness (QED) is 0.431. The van der Waals surface area contributed by atoms with Crippen molar-refractivity contribution in [1.29, 1.82) is 0 Å². The summed E-state index contributed by atoms with van der Waals surface area (Å²) in [4.78, 5) is 21.6. The number of carbonyl (C=O) groups is 2. The third kappa shape index (κ3) is 13.6. The van der Waals surface area contributed by atoms with Crippen LogP contribution in [0.2, 0.25) is 0 Å². The van der Waals surface area contributed by atoms with E-state index >= 15 is 0 Å². The van der Waals surface area contributed by atoms with Gasteiger partial charge in [-0.3, -0.25) is 9.59 Å². The molecule has 0 saturated heterocycles. The number of carboxylic acids is 1. The van der Waals surface area contributed by atoms with Gasteiger partial charge in [0.1, 0.15) is 6.10 Å². The molecule has 21 heavy (non-hydrogen) atoms. The van der Waals surface area contributed by atoms with Gasteiger partial charge < -0.3 is 15.5 Å². The van der Waals surface area contributed by atoms with Gasteiger partial charge in [0, 0.05) is 6.54 Å². The summed E-state index contributed by atoms with van der Waals surface area (Å²) in [6.45, 7) is 2.73. The molecule has 1 atom stereocenters. The highest BCUT2D eigenvalue weighted by Gasteiger charge is 2.17. The van der Waals surface area contributed by atoms with Gasteiger partial charge in [0.15, 0.2) is 0 Å². The highest BCUT2D eigenvalue weighted by molar-refractivity contribution is 5.84. The molecule has 0 saturated carbocycles. The Morgan fingerprint density at radius 2 is 1.38 bits per heavy atom. The third-order valence-corrected chi connectivity index (χ3v) is 3.50. The van der Waals surface area contributed by atoms with Crippen LogP contribution in [0.15, 0.2) is 0 Å². The monoisotopic (exact) mass is 301 g/mol. The van der Waals surface area contributed by atoms with Gasteiger partial charge in [0.05, 0.1) is 6.42 Å². The third-order valence-electron chi connectivity index (χ3n) is 3.50. The fourth-order valence-electron chi connectivity index (χ4n) is 2.20. The Morgan fingerprint density at radius 1 is 0.905 bits per heavy atom. The molecule has 0 aromatic rings. The average molecular weight is 301 g/mol. The molecule has 0 rings (SSSR count). The predicted molar refractivity (Wildman–Crippen MR) is 83.1 cm³/mol. The molecule has 124 valence electrons. The number of aliphatic hydroxyl groups is 1. The molecular weight excluding hydrogens is 270 g/mol. The molecule has 3 N–H and O–H groups in total. The number of carboxylic acid groups (broad SMARTS) is 1. The first kappa shape index (κ1) is 19.9. The average Bonchev–Trinajstić information content (AvgIpc) is 2.43. The minimum absolute atomic E-state index is 0.506. The number of nitrogens with one attached hydrogen (secondary N) is 1. The Kier molecular flexibility index (Phi) is 13.1. The van der Waals surface area contributed by atoms with Crippen LogP contribution in [-0.2, 0) is 9.59 Å². The van der Waals surface area contributed by atoms with Gasteiger partial charge in [-0.15, -0.1) is 0 Å². The number of aliphatic hydroxyl groups excluding tert-OH is 1. The standard InChI is InChI=1S/C16H31NO4/c1-2-3-4-5-6-7-8-9-10-11-12-17-16(21)14(18)13-15(19)20/h14,18H,2-13H2,1H3,(H,17,21)(H,19,20). The van der Waals surface area contributed by atoms with Crippen molar-refractivity contribution in [3.8, 4) is 0 Å². The molecule has 0 bridgehead atoms. The van der Waals surface area contributed by atoms with Crippen molar-refractivity contribution < 1.29 is 19.8 Å². The fourth-order valence-corrected chi connectivity index (χ4v) is 2.20. The van der Waals surface area contributed by atoms with E-state index in [1.807, 2.05) is 0 Å². The van der Waals surface area contributed by atoms with Gasteiger partial charge >= 0.3 is 5.97 Å². The lowest BCUT2D eigenvalue weighted by Crippen LogP contribution is -2.36. The molecular formula is C16H31NO4. The second kappa shape index (κ2) is 13.9. The number of unbranched alkanes of at least 4 members (excludes halogenated alkanes) is 9. The van der Waals surface area contributed by atoms with Gasteiger partial charge in [-0.05, 0) is 6.42 Å². The Labute approximate surface area is 128 Å². The number of rotatable bonds is 14. The van der Waals surface area contributed by atoms with E-state index in [1.54, 1.807) is 0 Å². The van der Waals surface area contributed by atoms with Crippen molar-refractivity contribution >= 4 is 11.9 Å². The normalized spacial score (nSPS) is 12.1. The summed E-state index contributed by atoms with van der Waals surface area (Å²) in [5.41, 5.74) is 0. The first-order chi connectivity index (χ1) is 10.1. The predicted octanol–water partition coefficient (Wildman–Crippen LogP) is 2.86. The first-order valence-electron chi connectivity index (χ1n) is 8.25. The van der Waals surface area contributed by atoms with E-state index in [0.717, 1.165) is 12.8 Å². The van der Waals surface area contributed by atoms with E-state index < -0.39 is 24.4 Å². The van der Waals surface area contributed by atoms with Crippen LogP contribution < -0.4 is 5.32 Å². The van der Waals surface area contributed by atoms with Gasteiger partial charge in [-0.2, -0.15) is 0 Å². The zero-order valence-electron chi connectivity index (χ0n) is 13.3. The lowest BCUT2D eigenvalue weighted by atomic mass is 10.1. The molecule has 5 heteroatoms. The SMILES string of the molecule is CCCCCCCCCCCCNC(=O)C(O)CC(=O)O. The van der Waals surface area contributed by atoms with Crippen molar-refractivity contribution in [2.75, 3.05) is 6.54 Å². The molecule has 5 nitrogen and oxygen atoms in total. The van der Waals surface area contributed by atoms with Gasteiger partial charge in [0.2, 0.25) is 5.91 Å². The van der Waals surface area contributed by atoms with Crippen LogP contribution in [0.4, 0.5) is 0 Å². The molecule has 0 radical (unpaired) electrons. The lowest BCUT2D eigenvalue weighted by Gasteiger charge is -2.09. The second-order valence-electron chi connectivity index (χ2n) is 5.59. The van der Waals surface area contributed by atoms with Crippen LogP contribution in [0.3, 0.4) is 0 Å². The maximum atomic E-state index is 11.3. The molecule has 0 spiro atoms. The molecule has 0 aromatic heterocycles.